The quantitative estimate of drug-likeness (QED) is 0.759. The molecule has 102 valence electrons. The Bertz CT molecular complexity index is 526. The van der Waals surface area contributed by atoms with E-state index in [2.05, 4.69) is 58.3 Å². The predicted molar refractivity (Wildman–Crippen MR) is 87.8 cm³/mol. The predicted octanol–water partition coefficient (Wildman–Crippen LogP) is 4.70. The molecule has 1 heterocycles. The molecule has 0 aliphatic carbocycles. The maximum Gasteiger partial charge on any atom is 0.103 e. The van der Waals surface area contributed by atoms with Gasteiger partial charge < -0.3 is 5.32 Å². The van der Waals surface area contributed by atoms with E-state index in [0.29, 0.717) is 6.04 Å². The van der Waals surface area contributed by atoms with E-state index < -0.39 is 0 Å². The van der Waals surface area contributed by atoms with Crippen molar-refractivity contribution in [2.75, 3.05) is 0 Å². The molecule has 2 nitrogen and oxygen atoms in total. The van der Waals surface area contributed by atoms with Gasteiger partial charge in [0.2, 0.25) is 0 Å². The van der Waals surface area contributed by atoms with Crippen LogP contribution >= 0.6 is 39.0 Å². The van der Waals surface area contributed by atoms with Crippen molar-refractivity contribution in [1.82, 2.24) is 10.3 Å². The summed E-state index contributed by atoms with van der Waals surface area (Å²) in [5.74, 6) is 0.933. The fourth-order valence-corrected chi connectivity index (χ4v) is 3.89. The second kappa shape index (κ2) is 7.43. The van der Waals surface area contributed by atoms with Crippen molar-refractivity contribution in [3.63, 3.8) is 0 Å². The standard InChI is InChI=1S/C14H17BrN2S2/c1-10(2)16-7-13-8-17-14(19-13)9-18-12-5-3-4-11(15)6-12/h3-6,8,10,16H,7,9H2,1-2H3. The molecule has 1 N–H and O–H groups in total. The lowest BCUT2D eigenvalue weighted by Crippen LogP contribution is -2.21. The van der Waals surface area contributed by atoms with Gasteiger partial charge in [-0.15, -0.1) is 23.1 Å². The lowest BCUT2D eigenvalue weighted by atomic mass is 10.4. The molecule has 0 radical (unpaired) electrons. The molecule has 0 saturated heterocycles. The Morgan fingerprint density at radius 3 is 3.00 bits per heavy atom. The van der Waals surface area contributed by atoms with E-state index >= 15 is 0 Å². The summed E-state index contributed by atoms with van der Waals surface area (Å²) in [5, 5.41) is 4.60. The van der Waals surface area contributed by atoms with Crippen molar-refractivity contribution >= 4 is 39.0 Å². The highest BCUT2D eigenvalue weighted by Gasteiger charge is 2.04. The molecule has 1 aromatic carbocycles. The molecule has 0 bridgehead atoms. The number of nitrogens with zero attached hydrogens (tertiary/aromatic N) is 1. The average Bonchev–Trinajstić information content (AvgIpc) is 2.82. The van der Waals surface area contributed by atoms with Crippen molar-refractivity contribution in [3.05, 3.63) is 44.8 Å². The molecule has 0 aliphatic rings. The Labute approximate surface area is 131 Å². The molecule has 0 spiro atoms. The van der Waals surface area contributed by atoms with E-state index in [-0.39, 0.29) is 0 Å². The van der Waals surface area contributed by atoms with Gasteiger partial charge in [-0.25, -0.2) is 4.98 Å². The van der Waals surface area contributed by atoms with Crippen LogP contribution in [0.5, 0.6) is 0 Å². The summed E-state index contributed by atoms with van der Waals surface area (Å²) in [4.78, 5) is 7.05. The van der Waals surface area contributed by atoms with Crippen LogP contribution in [0.2, 0.25) is 0 Å². The molecule has 0 amide bonds. The first kappa shape index (κ1) is 15.0. The van der Waals surface area contributed by atoms with Gasteiger partial charge in [-0.1, -0.05) is 35.8 Å². The van der Waals surface area contributed by atoms with Crippen LogP contribution in [0.25, 0.3) is 0 Å². The molecule has 2 aromatic rings. The summed E-state index contributed by atoms with van der Waals surface area (Å²) in [6.07, 6.45) is 1.98. The summed E-state index contributed by atoms with van der Waals surface area (Å²) >= 11 is 7.11. The van der Waals surface area contributed by atoms with Gasteiger partial charge >= 0.3 is 0 Å². The largest absolute Gasteiger partial charge is 0.310 e. The number of hydrogen-bond acceptors (Lipinski definition) is 4. The summed E-state index contributed by atoms with van der Waals surface area (Å²) in [5.41, 5.74) is 0. The molecule has 0 saturated carbocycles. The molecule has 0 atom stereocenters. The number of rotatable bonds is 6. The summed E-state index contributed by atoms with van der Waals surface area (Å²) < 4.78 is 1.12. The number of thioether (sulfide) groups is 1. The molecule has 1 aromatic heterocycles. The van der Waals surface area contributed by atoms with Crippen LogP contribution in [0.15, 0.2) is 39.8 Å². The number of aromatic nitrogens is 1. The van der Waals surface area contributed by atoms with Gasteiger partial charge in [-0.05, 0) is 18.2 Å². The second-order valence-corrected chi connectivity index (χ2v) is 7.67. The number of thiazole rings is 1. The molecule has 19 heavy (non-hydrogen) atoms. The van der Waals surface area contributed by atoms with Gasteiger partial charge in [0.15, 0.2) is 0 Å². The average molecular weight is 357 g/mol. The lowest BCUT2D eigenvalue weighted by Gasteiger charge is -2.04. The third-order valence-electron chi connectivity index (χ3n) is 2.44. The van der Waals surface area contributed by atoms with Crippen LogP contribution < -0.4 is 5.32 Å². The number of benzene rings is 1. The molecular weight excluding hydrogens is 340 g/mol. The zero-order valence-corrected chi connectivity index (χ0v) is 14.2. The zero-order chi connectivity index (χ0) is 13.7. The van der Waals surface area contributed by atoms with Crippen molar-refractivity contribution < 1.29 is 0 Å². The smallest absolute Gasteiger partial charge is 0.103 e. The van der Waals surface area contributed by atoms with Crippen LogP contribution in [0.3, 0.4) is 0 Å². The molecule has 0 fully saturated rings. The fourth-order valence-electron chi connectivity index (χ4n) is 1.50. The van der Waals surface area contributed by atoms with E-state index in [1.807, 2.05) is 24.0 Å². The van der Waals surface area contributed by atoms with E-state index in [9.17, 15) is 0 Å². The minimum absolute atomic E-state index is 0.515. The van der Waals surface area contributed by atoms with Crippen LogP contribution in [0.4, 0.5) is 0 Å². The first-order chi connectivity index (χ1) is 9.13. The Kier molecular flexibility index (Phi) is 5.88. The van der Waals surface area contributed by atoms with Gasteiger partial charge in [0.05, 0.1) is 5.75 Å². The van der Waals surface area contributed by atoms with Gasteiger partial charge in [-0.3, -0.25) is 0 Å². The van der Waals surface area contributed by atoms with Crippen LogP contribution in [0, 0.1) is 0 Å². The van der Waals surface area contributed by atoms with Crippen LogP contribution in [-0.4, -0.2) is 11.0 Å². The molecule has 2 rings (SSSR count). The third-order valence-corrected chi connectivity index (χ3v) is 5.12. The second-order valence-electron chi connectivity index (χ2n) is 4.50. The van der Waals surface area contributed by atoms with Gasteiger partial charge in [0.1, 0.15) is 5.01 Å². The molecular formula is C14H17BrN2S2. The van der Waals surface area contributed by atoms with Gasteiger partial charge in [-0.2, -0.15) is 0 Å². The summed E-state index contributed by atoms with van der Waals surface area (Å²) in [6.45, 7) is 5.23. The topological polar surface area (TPSA) is 24.9 Å². The first-order valence-electron chi connectivity index (χ1n) is 6.19. The Morgan fingerprint density at radius 2 is 2.26 bits per heavy atom. The summed E-state index contributed by atoms with van der Waals surface area (Å²) in [7, 11) is 0. The minimum Gasteiger partial charge on any atom is -0.310 e. The van der Waals surface area contributed by atoms with Crippen LogP contribution in [-0.2, 0) is 12.3 Å². The first-order valence-corrected chi connectivity index (χ1v) is 8.78. The Morgan fingerprint density at radius 1 is 1.42 bits per heavy atom. The zero-order valence-electron chi connectivity index (χ0n) is 11.0. The number of halogens is 1. The Hall–Kier alpha value is -0.360. The monoisotopic (exact) mass is 356 g/mol. The minimum atomic E-state index is 0.515. The van der Waals surface area contributed by atoms with Crippen molar-refractivity contribution in [3.8, 4) is 0 Å². The van der Waals surface area contributed by atoms with E-state index in [1.54, 1.807) is 11.3 Å². The van der Waals surface area contributed by atoms with Gasteiger partial charge in [0, 0.05) is 33.0 Å². The van der Waals surface area contributed by atoms with Gasteiger partial charge in [0.25, 0.3) is 0 Å². The van der Waals surface area contributed by atoms with Crippen molar-refractivity contribution in [1.29, 1.82) is 0 Å². The molecule has 0 aliphatic heterocycles. The molecule has 0 unspecified atom stereocenters. The fraction of sp³-hybridized carbons (Fsp3) is 0.357. The summed E-state index contributed by atoms with van der Waals surface area (Å²) in [6, 6.07) is 8.89. The van der Waals surface area contributed by atoms with E-state index in [4.69, 9.17) is 0 Å². The SMILES string of the molecule is CC(C)NCc1cnc(CSc2cccc(Br)c2)s1. The third kappa shape index (κ3) is 5.26. The van der Waals surface area contributed by atoms with Crippen molar-refractivity contribution in [2.24, 2.45) is 0 Å². The van der Waals surface area contributed by atoms with E-state index in [1.165, 1.54) is 14.8 Å². The maximum absolute atomic E-state index is 4.48. The van der Waals surface area contributed by atoms with Crippen LogP contribution in [0.1, 0.15) is 23.7 Å². The lowest BCUT2D eigenvalue weighted by molar-refractivity contribution is 0.593. The highest BCUT2D eigenvalue weighted by atomic mass is 79.9. The number of hydrogen-bond donors (Lipinski definition) is 1. The van der Waals surface area contributed by atoms with E-state index in [0.717, 1.165) is 16.8 Å². The highest BCUT2D eigenvalue weighted by molar-refractivity contribution is 9.10. The normalized spacial score (nSPS) is 11.2. The number of nitrogens with one attached hydrogen (secondary N) is 1. The maximum atomic E-state index is 4.48. The highest BCUT2D eigenvalue weighted by Crippen LogP contribution is 2.27. The van der Waals surface area contributed by atoms with Crippen molar-refractivity contribution in [2.45, 2.75) is 37.1 Å². The molecule has 5 heteroatoms. The Balaban J connectivity index is 1.86.